The Kier molecular flexibility index (Phi) is 5.08. The maximum atomic E-state index is 11.9. The number of nitro benzene ring substituents is 1. The molecule has 19 heavy (non-hydrogen) atoms. The van der Waals surface area contributed by atoms with Crippen LogP contribution in [0.25, 0.3) is 0 Å². The number of nitro groups is 1. The second-order valence-corrected chi connectivity index (χ2v) is 4.61. The second-order valence-electron chi connectivity index (χ2n) is 4.21. The highest BCUT2D eigenvalue weighted by molar-refractivity contribution is 6.34. The quantitative estimate of drug-likeness (QED) is 0.480. The van der Waals surface area contributed by atoms with Crippen molar-refractivity contribution in [3.05, 3.63) is 32.8 Å². The van der Waals surface area contributed by atoms with Crippen LogP contribution in [0.1, 0.15) is 10.4 Å². The minimum Gasteiger partial charge on any atom is -0.397 e. The number of non-ortho nitro benzene ring substituents is 1. The number of benzene rings is 1. The van der Waals surface area contributed by atoms with E-state index >= 15 is 0 Å². The van der Waals surface area contributed by atoms with Gasteiger partial charge in [0.2, 0.25) is 0 Å². The molecule has 0 aliphatic rings. The predicted molar refractivity (Wildman–Crippen MR) is 73.4 cm³/mol. The van der Waals surface area contributed by atoms with E-state index in [0.29, 0.717) is 13.1 Å². The molecule has 0 saturated heterocycles. The number of amides is 1. The lowest BCUT2D eigenvalue weighted by Gasteiger charge is -2.11. The van der Waals surface area contributed by atoms with Gasteiger partial charge in [-0.3, -0.25) is 14.9 Å². The van der Waals surface area contributed by atoms with Gasteiger partial charge in [0.15, 0.2) is 0 Å². The normalized spacial score (nSPS) is 10.5. The summed E-state index contributed by atoms with van der Waals surface area (Å²) in [4.78, 5) is 23.9. The summed E-state index contributed by atoms with van der Waals surface area (Å²) in [7, 11) is 3.73. The summed E-state index contributed by atoms with van der Waals surface area (Å²) >= 11 is 5.77. The SMILES string of the molecule is CN(C)CCNC(=O)c1cc([N+](=O)[O-])cc(Cl)c1N. The van der Waals surface area contributed by atoms with Crippen LogP contribution in [0.3, 0.4) is 0 Å². The molecule has 1 amide bonds. The predicted octanol–water partition coefficient (Wildman–Crippen LogP) is 1.12. The van der Waals surface area contributed by atoms with E-state index in [9.17, 15) is 14.9 Å². The average molecular weight is 287 g/mol. The first-order valence-electron chi connectivity index (χ1n) is 5.49. The molecule has 104 valence electrons. The van der Waals surface area contributed by atoms with Crippen molar-refractivity contribution in [3.8, 4) is 0 Å². The first kappa shape index (κ1) is 15.2. The summed E-state index contributed by atoms with van der Waals surface area (Å²) in [5.41, 5.74) is 5.44. The fourth-order valence-electron chi connectivity index (χ4n) is 1.39. The zero-order valence-corrected chi connectivity index (χ0v) is 11.4. The van der Waals surface area contributed by atoms with Gasteiger partial charge in [0.05, 0.1) is 21.2 Å². The summed E-state index contributed by atoms with van der Waals surface area (Å²) in [5.74, 6) is -0.482. The lowest BCUT2D eigenvalue weighted by molar-refractivity contribution is -0.384. The van der Waals surface area contributed by atoms with Crippen molar-refractivity contribution in [3.63, 3.8) is 0 Å². The fraction of sp³-hybridized carbons (Fsp3) is 0.364. The number of halogens is 1. The minimum atomic E-state index is -0.623. The van der Waals surface area contributed by atoms with E-state index in [0.717, 1.165) is 12.1 Å². The van der Waals surface area contributed by atoms with Gasteiger partial charge in [0.1, 0.15) is 0 Å². The smallest absolute Gasteiger partial charge is 0.271 e. The first-order chi connectivity index (χ1) is 8.82. The molecule has 0 spiro atoms. The minimum absolute atomic E-state index is 0.00744. The Morgan fingerprint density at radius 2 is 2.16 bits per heavy atom. The van der Waals surface area contributed by atoms with Gasteiger partial charge >= 0.3 is 0 Å². The van der Waals surface area contributed by atoms with Gasteiger partial charge in [-0.2, -0.15) is 0 Å². The fourth-order valence-corrected chi connectivity index (χ4v) is 1.60. The molecule has 0 aliphatic heterocycles. The van der Waals surface area contributed by atoms with Crippen molar-refractivity contribution in [1.82, 2.24) is 10.2 Å². The van der Waals surface area contributed by atoms with Crippen LogP contribution in [0.2, 0.25) is 5.02 Å². The Bertz CT molecular complexity index is 505. The molecular weight excluding hydrogens is 272 g/mol. The summed E-state index contributed by atoms with van der Waals surface area (Å²) in [6.45, 7) is 1.06. The van der Waals surface area contributed by atoms with Crippen molar-refractivity contribution < 1.29 is 9.72 Å². The molecule has 8 heteroatoms. The van der Waals surface area contributed by atoms with Gasteiger partial charge in [-0.05, 0) is 14.1 Å². The summed E-state index contributed by atoms with van der Waals surface area (Å²) in [5, 5.41) is 13.3. The van der Waals surface area contributed by atoms with Crippen LogP contribution < -0.4 is 11.1 Å². The number of hydrogen-bond acceptors (Lipinski definition) is 5. The highest BCUT2D eigenvalue weighted by atomic mass is 35.5. The van der Waals surface area contributed by atoms with Crippen LogP contribution in [-0.4, -0.2) is 42.9 Å². The average Bonchev–Trinajstić information content (AvgIpc) is 2.31. The van der Waals surface area contributed by atoms with Crippen molar-refractivity contribution >= 4 is 28.9 Å². The molecule has 0 aromatic heterocycles. The number of nitrogens with two attached hydrogens (primary N) is 1. The number of nitrogens with one attached hydrogen (secondary N) is 1. The van der Waals surface area contributed by atoms with Crippen molar-refractivity contribution in [2.45, 2.75) is 0 Å². The maximum absolute atomic E-state index is 11.9. The maximum Gasteiger partial charge on any atom is 0.271 e. The molecule has 0 heterocycles. The third-order valence-corrected chi connectivity index (χ3v) is 2.73. The van der Waals surface area contributed by atoms with Crippen LogP contribution in [-0.2, 0) is 0 Å². The van der Waals surface area contributed by atoms with E-state index in [1.54, 1.807) is 0 Å². The number of carbonyl (C=O) groups excluding carboxylic acids is 1. The highest BCUT2D eigenvalue weighted by Crippen LogP contribution is 2.28. The molecule has 0 radical (unpaired) electrons. The second kappa shape index (κ2) is 6.35. The molecule has 0 bridgehead atoms. The molecule has 1 aromatic rings. The highest BCUT2D eigenvalue weighted by Gasteiger charge is 2.18. The molecule has 0 aliphatic carbocycles. The Labute approximate surface area is 115 Å². The van der Waals surface area contributed by atoms with Crippen LogP contribution in [0.15, 0.2) is 12.1 Å². The summed E-state index contributed by atoms with van der Waals surface area (Å²) in [6, 6.07) is 2.24. The number of rotatable bonds is 5. The molecule has 0 atom stereocenters. The van der Waals surface area contributed by atoms with Crippen molar-refractivity contribution in [2.24, 2.45) is 0 Å². The van der Waals surface area contributed by atoms with Crippen LogP contribution in [0, 0.1) is 10.1 Å². The van der Waals surface area contributed by atoms with E-state index in [2.05, 4.69) is 5.32 Å². The number of carbonyl (C=O) groups is 1. The largest absolute Gasteiger partial charge is 0.397 e. The lowest BCUT2D eigenvalue weighted by atomic mass is 10.1. The summed E-state index contributed by atoms with van der Waals surface area (Å²) in [6.07, 6.45) is 0. The van der Waals surface area contributed by atoms with Gasteiger partial charge in [-0.25, -0.2) is 0 Å². The summed E-state index contributed by atoms with van der Waals surface area (Å²) < 4.78 is 0. The van der Waals surface area contributed by atoms with E-state index in [1.165, 1.54) is 0 Å². The Morgan fingerprint density at radius 1 is 1.53 bits per heavy atom. The molecule has 1 aromatic carbocycles. The number of anilines is 1. The molecule has 0 saturated carbocycles. The molecular formula is C11H15ClN4O3. The van der Waals surface area contributed by atoms with E-state index < -0.39 is 10.8 Å². The topological polar surface area (TPSA) is 102 Å². The lowest BCUT2D eigenvalue weighted by Crippen LogP contribution is -2.31. The van der Waals surface area contributed by atoms with Crippen molar-refractivity contribution in [2.75, 3.05) is 32.9 Å². The van der Waals surface area contributed by atoms with Gasteiger partial charge in [-0.1, -0.05) is 11.6 Å². The zero-order chi connectivity index (χ0) is 14.6. The molecule has 0 fully saturated rings. The zero-order valence-electron chi connectivity index (χ0n) is 10.6. The third-order valence-electron chi connectivity index (χ3n) is 2.41. The Morgan fingerprint density at radius 3 is 2.68 bits per heavy atom. The molecule has 3 N–H and O–H groups in total. The number of nitrogen functional groups attached to an aromatic ring is 1. The number of nitrogens with zero attached hydrogens (tertiary/aromatic N) is 2. The first-order valence-corrected chi connectivity index (χ1v) is 5.87. The van der Waals surface area contributed by atoms with Crippen LogP contribution >= 0.6 is 11.6 Å². The Balaban J connectivity index is 2.92. The monoisotopic (exact) mass is 286 g/mol. The van der Waals surface area contributed by atoms with Crippen LogP contribution in [0.5, 0.6) is 0 Å². The van der Waals surface area contributed by atoms with Gasteiger partial charge in [0, 0.05) is 25.2 Å². The van der Waals surface area contributed by atoms with Gasteiger partial charge < -0.3 is 16.0 Å². The van der Waals surface area contributed by atoms with E-state index in [-0.39, 0.29) is 22.0 Å². The standard InChI is InChI=1S/C11H15ClN4O3/c1-15(2)4-3-14-11(17)8-5-7(16(18)19)6-9(12)10(8)13/h5-6H,3-4,13H2,1-2H3,(H,14,17). The van der Waals surface area contributed by atoms with Crippen molar-refractivity contribution in [1.29, 1.82) is 0 Å². The third kappa shape index (κ3) is 4.08. The van der Waals surface area contributed by atoms with E-state index in [1.807, 2.05) is 19.0 Å². The molecule has 1 rings (SSSR count). The van der Waals surface area contributed by atoms with Crippen LogP contribution in [0.4, 0.5) is 11.4 Å². The molecule has 0 unspecified atom stereocenters. The number of hydrogen-bond donors (Lipinski definition) is 2. The van der Waals surface area contributed by atoms with Gasteiger partial charge in [0.25, 0.3) is 11.6 Å². The Hall–Kier alpha value is -1.86. The molecule has 7 nitrogen and oxygen atoms in total. The van der Waals surface area contributed by atoms with E-state index in [4.69, 9.17) is 17.3 Å². The number of likely N-dealkylation sites (N-methyl/N-ethyl adjacent to an activating group) is 1. The van der Waals surface area contributed by atoms with Gasteiger partial charge in [-0.15, -0.1) is 0 Å².